The van der Waals surface area contributed by atoms with Gasteiger partial charge in [-0.15, -0.1) is 0 Å². The van der Waals surface area contributed by atoms with Crippen molar-refractivity contribution in [2.75, 3.05) is 44.7 Å². The van der Waals surface area contributed by atoms with E-state index in [9.17, 15) is 23.6 Å². The number of likely N-dealkylation sites (tertiary alicyclic amines) is 1. The summed E-state index contributed by atoms with van der Waals surface area (Å²) in [6.07, 6.45) is 5.43. The fourth-order valence-electron chi connectivity index (χ4n) is 6.70. The van der Waals surface area contributed by atoms with Gasteiger partial charge < -0.3 is 30.5 Å². The minimum absolute atomic E-state index is 0.0869. The maximum atomic E-state index is 14.3. The summed E-state index contributed by atoms with van der Waals surface area (Å²) in [6.45, 7) is 9.89. The summed E-state index contributed by atoms with van der Waals surface area (Å²) in [6, 6.07) is 4.02. The van der Waals surface area contributed by atoms with Crippen molar-refractivity contribution in [3.63, 3.8) is 0 Å². The number of anilines is 1. The molecule has 9 nitrogen and oxygen atoms in total. The zero-order valence-corrected chi connectivity index (χ0v) is 24.6. The fourth-order valence-corrected chi connectivity index (χ4v) is 6.70. The Bertz CT molecular complexity index is 1270. The molecule has 1 spiro atoms. The molecule has 1 aliphatic carbocycles. The van der Waals surface area contributed by atoms with Crippen molar-refractivity contribution in [3.8, 4) is 0 Å². The summed E-state index contributed by atoms with van der Waals surface area (Å²) >= 11 is 0. The summed E-state index contributed by atoms with van der Waals surface area (Å²) in [5, 5.41) is 2.56. The first-order valence-corrected chi connectivity index (χ1v) is 14.7. The first kappa shape index (κ1) is 30.3. The van der Waals surface area contributed by atoms with Crippen molar-refractivity contribution in [2.45, 2.75) is 65.3 Å². The monoisotopic (exact) mass is 567 g/mol. The summed E-state index contributed by atoms with van der Waals surface area (Å²) in [4.78, 5) is 54.0. The zero-order valence-electron chi connectivity index (χ0n) is 24.6. The molecule has 3 N–H and O–H groups in total. The maximum Gasteiger partial charge on any atom is 0.255 e. The number of halogens is 1. The molecule has 1 atom stereocenters. The van der Waals surface area contributed by atoms with Crippen molar-refractivity contribution in [1.82, 2.24) is 15.1 Å². The Kier molecular flexibility index (Phi) is 9.19. The van der Waals surface area contributed by atoms with Crippen LogP contribution in [-0.4, -0.2) is 79.6 Å². The molecule has 2 fully saturated rings. The van der Waals surface area contributed by atoms with Crippen LogP contribution in [0.15, 0.2) is 40.6 Å². The normalized spacial score (nSPS) is 20.3. The molecule has 10 heteroatoms. The van der Waals surface area contributed by atoms with Crippen LogP contribution in [0.1, 0.15) is 69.7 Å². The standard InChI is InChI=1S/C29H36FN5O4.C2H6/c1-18-25-22(16-35(28(25)39)20(17-36)4-6-24(37)32-2)26(18)34-13-9-29(10-14-34)7-11-33(12-8-29)19-3-5-21(27(31)38)23(30)15-19;1-2/h3,5,15,17,20H,4,6-14,16H2,1-2H3,(H2,31,38)(H,32,37);1-2H3. The summed E-state index contributed by atoms with van der Waals surface area (Å²) in [7, 11) is 1.56. The Morgan fingerprint density at radius 1 is 1.10 bits per heavy atom. The van der Waals surface area contributed by atoms with E-state index in [1.54, 1.807) is 18.0 Å². The lowest BCUT2D eigenvalue weighted by Gasteiger charge is -2.49. The number of carbonyl (C=O) groups excluding carboxylic acids is 4. The van der Waals surface area contributed by atoms with Gasteiger partial charge in [-0.3, -0.25) is 14.4 Å². The van der Waals surface area contributed by atoms with Crippen molar-refractivity contribution in [1.29, 1.82) is 0 Å². The number of hydrogen-bond acceptors (Lipinski definition) is 6. The van der Waals surface area contributed by atoms with E-state index in [-0.39, 0.29) is 29.2 Å². The molecule has 2 saturated heterocycles. The average Bonchev–Trinajstić information content (AvgIpc) is 3.27. The molecule has 0 aromatic heterocycles. The summed E-state index contributed by atoms with van der Waals surface area (Å²) in [5.74, 6) is -1.60. The lowest BCUT2D eigenvalue weighted by molar-refractivity contribution is -0.131. The predicted octanol–water partition coefficient (Wildman–Crippen LogP) is 3.15. The minimum atomic E-state index is -0.762. The van der Waals surface area contributed by atoms with E-state index >= 15 is 0 Å². The van der Waals surface area contributed by atoms with Gasteiger partial charge in [-0.2, -0.15) is 0 Å². The number of primary amides is 1. The van der Waals surface area contributed by atoms with Gasteiger partial charge in [0.2, 0.25) is 5.91 Å². The molecule has 0 saturated carbocycles. The van der Waals surface area contributed by atoms with Gasteiger partial charge in [0.15, 0.2) is 0 Å². The SMILES string of the molecule is CC.CNC(=O)CCC(C=O)N1CC2=C(C1=O)C(C)=C2N1CCC2(CC1)CCN(c1ccc(C(N)=O)c(F)c1)CC2. The quantitative estimate of drug-likeness (QED) is 0.467. The summed E-state index contributed by atoms with van der Waals surface area (Å²) < 4.78 is 14.3. The Balaban J connectivity index is 0.00000189. The molecular weight excluding hydrogens is 525 g/mol. The first-order chi connectivity index (χ1) is 19.7. The van der Waals surface area contributed by atoms with E-state index in [2.05, 4.69) is 15.1 Å². The highest BCUT2D eigenvalue weighted by Crippen LogP contribution is 2.48. The molecule has 1 aromatic carbocycles. The van der Waals surface area contributed by atoms with Gasteiger partial charge in [0.05, 0.1) is 17.2 Å². The first-order valence-electron chi connectivity index (χ1n) is 14.7. The molecule has 1 aromatic rings. The Morgan fingerprint density at radius 3 is 2.24 bits per heavy atom. The second-order valence-corrected chi connectivity index (χ2v) is 11.2. The molecule has 5 rings (SSSR count). The van der Waals surface area contributed by atoms with Crippen molar-refractivity contribution in [2.24, 2.45) is 11.1 Å². The third-order valence-electron chi connectivity index (χ3n) is 9.17. The van der Waals surface area contributed by atoms with Crippen LogP contribution in [0.3, 0.4) is 0 Å². The molecule has 3 amide bonds. The van der Waals surface area contributed by atoms with E-state index in [1.807, 2.05) is 20.8 Å². The number of hydrogen-bond donors (Lipinski definition) is 2. The molecule has 3 heterocycles. The van der Waals surface area contributed by atoms with E-state index < -0.39 is 17.8 Å². The molecule has 0 bridgehead atoms. The molecule has 0 radical (unpaired) electrons. The van der Waals surface area contributed by atoms with Gasteiger partial charge in [0, 0.05) is 63.1 Å². The van der Waals surface area contributed by atoms with Gasteiger partial charge in [-0.05, 0) is 68.2 Å². The lowest BCUT2D eigenvalue weighted by Crippen LogP contribution is -2.47. The predicted molar refractivity (Wildman–Crippen MR) is 156 cm³/mol. The van der Waals surface area contributed by atoms with E-state index in [4.69, 9.17) is 5.73 Å². The van der Waals surface area contributed by atoms with Gasteiger partial charge in [0.1, 0.15) is 12.1 Å². The van der Waals surface area contributed by atoms with Crippen molar-refractivity contribution < 1.29 is 23.6 Å². The summed E-state index contributed by atoms with van der Waals surface area (Å²) in [5.41, 5.74) is 10.1. The number of piperidine rings is 2. The highest BCUT2D eigenvalue weighted by Gasteiger charge is 2.46. The maximum absolute atomic E-state index is 14.3. The van der Waals surface area contributed by atoms with Gasteiger partial charge >= 0.3 is 0 Å². The van der Waals surface area contributed by atoms with Crippen LogP contribution in [0.5, 0.6) is 0 Å². The second-order valence-electron chi connectivity index (χ2n) is 11.2. The molecule has 41 heavy (non-hydrogen) atoms. The highest BCUT2D eigenvalue weighted by atomic mass is 19.1. The van der Waals surface area contributed by atoms with Crippen molar-refractivity contribution >= 4 is 29.7 Å². The molecule has 4 aliphatic rings. The number of carbonyl (C=O) groups is 4. The molecule has 1 unspecified atom stereocenters. The third-order valence-corrected chi connectivity index (χ3v) is 9.17. The van der Waals surface area contributed by atoms with Crippen LogP contribution < -0.4 is 16.0 Å². The second kappa shape index (κ2) is 12.4. The number of aldehydes is 1. The Morgan fingerprint density at radius 2 is 1.71 bits per heavy atom. The van der Waals surface area contributed by atoms with Gasteiger partial charge in [-0.25, -0.2) is 4.39 Å². The molecule has 3 aliphatic heterocycles. The fraction of sp³-hybridized carbons (Fsp3) is 0.548. The van der Waals surface area contributed by atoms with E-state index in [1.165, 1.54) is 12.1 Å². The lowest BCUT2D eigenvalue weighted by atomic mass is 9.70. The number of amides is 3. The molecular formula is C31H42FN5O4. The molecule has 222 valence electrons. The van der Waals surface area contributed by atoms with Crippen LogP contribution in [0, 0.1) is 11.2 Å². The van der Waals surface area contributed by atoms with Crippen LogP contribution in [0.2, 0.25) is 0 Å². The number of nitrogens with one attached hydrogen (secondary N) is 1. The highest BCUT2D eigenvalue weighted by molar-refractivity contribution is 6.06. The van der Waals surface area contributed by atoms with Crippen LogP contribution in [-0.2, 0) is 14.4 Å². The Hall–Kier alpha value is -3.69. The number of benzene rings is 1. The smallest absolute Gasteiger partial charge is 0.255 e. The van der Waals surface area contributed by atoms with Crippen LogP contribution in [0.25, 0.3) is 0 Å². The van der Waals surface area contributed by atoms with Gasteiger partial charge in [-0.1, -0.05) is 13.8 Å². The van der Waals surface area contributed by atoms with Crippen molar-refractivity contribution in [3.05, 3.63) is 52.0 Å². The third kappa shape index (κ3) is 5.74. The van der Waals surface area contributed by atoms with E-state index in [0.29, 0.717) is 13.0 Å². The average molecular weight is 568 g/mol. The largest absolute Gasteiger partial charge is 0.371 e. The minimum Gasteiger partial charge on any atom is -0.371 e. The van der Waals surface area contributed by atoms with Crippen LogP contribution in [0.4, 0.5) is 10.1 Å². The Labute approximate surface area is 241 Å². The topological polar surface area (TPSA) is 116 Å². The number of nitrogens with zero attached hydrogens (tertiary/aromatic N) is 3. The number of rotatable bonds is 8. The number of nitrogens with two attached hydrogens (primary N) is 1. The zero-order chi connectivity index (χ0) is 29.9. The van der Waals surface area contributed by atoms with Gasteiger partial charge in [0.25, 0.3) is 11.8 Å². The van der Waals surface area contributed by atoms with Crippen LogP contribution >= 0.6 is 0 Å². The van der Waals surface area contributed by atoms with E-state index in [0.717, 1.165) is 86.3 Å².